The third-order valence-electron chi connectivity index (χ3n) is 2.69. The molecule has 0 aliphatic heterocycles. The average molecular weight is 246 g/mol. The van der Waals surface area contributed by atoms with Crippen LogP contribution in [0.3, 0.4) is 0 Å². The fourth-order valence-corrected chi connectivity index (χ4v) is 1.99. The van der Waals surface area contributed by atoms with Gasteiger partial charge in [0.2, 0.25) is 0 Å². The average Bonchev–Trinajstić information content (AvgIpc) is 2.21. The summed E-state index contributed by atoms with van der Waals surface area (Å²) in [5.41, 5.74) is 7.20. The van der Waals surface area contributed by atoms with Gasteiger partial charge >= 0.3 is 0 Å². The second kappa shape index (κ2) is 5.74. The zero-order valence-electron chi connectivity index (χ0n) is 9.13. The van der Waals surface area contributed by atoms with E-state index in [1.165, 1.54) is 0 Å². The van der Waals surface area contributed by atoms with Crippen LogP contribution in [-0.2, 0) is 0 Å². The number of hydrogen-bond acceptors (Lipinski definition) is 1. The van der Waals surface area contributed by atoms with E-state index in [-0.39, 0.29) is 6.04 Å². The zero-order chi connectivity index (χ0) is 11.4. The highest BCUT2D eigenvalue weighted by Gasteiger charge is 2.14. The number of halogens is 2. The van der Waals surface area contributed by atoms with Crippen LogP contribution in [0.1, 0.15) is 38.3 Å². The molecule has 2 atom stereocenters. The van der Waals surface area contributed by atoms with Crippen molar-refractivity contribution in [3.8, 4) is 0 Å². The van der Waals surface area contributed by atoms with Crippen LogP contribution in [0.5, 0.6) is 0 Å². The summed E-state index contributed by atoms with van der Waals surface area (Å²) in [7, 11) is 0. The molecule has 0 spiro atoms. The van der Waals surface area contributed by atoms with Gasteiger partial charge < -0.3 is 5.73 Å². The SMILES string of the molecule is CCCC(C)C(N)c1ccc(Cl)c(Cl)c1. The van der Waals surface area contributed by atoms with Gasteiger partial charge in [-0.1, -0.05) is 49.5 Å². The minimum atomic E-state index is 0.0414. The zero-order valence-corrected chi connectivity index (χ0v) is 10.6. The third-order valence-corrected chi connectivity index (χ3v) is 3.42. The fourth-order valence-electron chi connectivity index (χ4n) is 1.68. The molecule has 1 rings (SSSR count). The molecule has 0 fully saturated rings. The number of rotatable bonds is 4. The van der Waals surface area contributed by atoms with Gasteiger partial charge in [0.1, 0.15) is 0 Å². The van der Waals surface area contributed by atoms with Crippen molar-refractivity contribution in [1.82, 2.24) is 0 Å². The van der Waals surface area contributed by atoms with E-state index in [0.717, 1.165) is 18.4 Å². The Morgan fingerprint density at radius 1 is 1.27 bits per heavy atom. The second-order valence-electron chi connectivity index (χ2n) is 3.97. The van der Waals surface area contributed by atoms with Crippen molar-refractivity contribution in [2.75, 3.05) is 0 Å². The summed E-state index contributed by atoms with van der Waals surface area (Å²) in [6, 6.07) is 5.66. The summed E-state index contributed by atoms with van der Waals surface area (Å²) < 4.78 is 0. The van der Waals surface area contributed by atoms with E-state index in [4.69, 9.17) is 28.9 Å². The van der Waals surface area contributed by atoms with Gasteiger partial charge in [0.25, 0.3) is 0 Å². The van der Waals surface area contributed by atoms with Crippen molar-refractivity contribution in [2.24, 2.45) is 11.7 Å². The molecule has 2 N–H and O–H groups in total. The first-order valence-electron chi connectivity index (χ1n) is 5.26. The molecule has 1 aromatic rings. The first-order chi connectivity index (χ1) is 7.06. The molecule has 0 saturated heterocycles. The lowest BCUT2D eigenvalue weighted by atomic mass is 9.92. The molecular weight excluding hydrogens is 229 g/mol. The number of hydrogen-bond donors (Lipinski definition) is 1. The van der Waals surface area contributed by atoms with Crippen molar-refractivity contribution in [2.45, 2.75) is 32.7 Å². The smallest absolute Gasteiger partial charge is 0.0595 e. The largest absolute Gasteiger partial charge is 0.324 e. The summed E-state index contributed by atoms with van der Waals surface area (Å²) in [4.78, 5) is 0. The van der Waals surface area contributed by atoms with E-state index >= 15 is 0 Å². The molecule has 0 aliphatic rings. The van der Waals surface area contributed by atoms with E-state index < -0.39 is 0 Å². The highest BCUT2D eigenvalue weighted by atomic mass is 35.5. The van der Waals surface area contributed by atoms with Gasteiger partial charge in [0, 0.05) is 6.04 Å². The van der Waals surface area contributed by atoms with E-state index in [1.54, 1.807) is 6.07 Å². The minimum Gasteiger partial charge on any atom is -0.324 e. The summed E-state index contributed by atoms with van der Waals surface area (Å²) in [6.45, 7) is 4.33. The molecule has 3 heteroatoms. The maximum Gasteiger partial charge on any atom is 0.0595 e. The van der Waals surface area contributed by atoms with Crippen molar-refractivity contribution in [3.05, 3.63) is 33.8 Å². The van der Waals surface area contributed by atoms with Gasteiger partial charge in [0.15, 0.2) is 0 Å². The molecule has 1 aromatic carbocycles. The first kappa shape index (κ1) is 12.8. The van der Waals surface area contributed by atoms with E-state index in [0.29, 0.717) is 16.0 Å². The van der Waals surface area contributed by atoms with Crippen LogP contribution >= 0.6 is 23.2 Å². The molecule has 84 valence electrons. The van der Waals surface area contributed by atoms with Gasteiger partial charge in [-0.05, 0) is 30.0 Å². The molecule has 0 saturated carbocycles. The van der Waals surface area contributed by atoms with Crippen LogP contribution in [0.25, 0.3) is 0 Å². The van der Waals surface area contributed by atoms with Gasteiger partial charge in [-0.25, -0.2) is 0 Å². The van der Waals surface area contributed by atoms with E-state index in [9.17, 15) is 0 Å². The molecule has 1 nitrogen and oxygen atoms in total. The second-order valence-corrected chi connectivity index (χ2v) is 4.78. The summed E-state index contributed by atoms with van der Waals surface area (Å²) >= 11 is 11.8. The predicted octanol–water partition coefficient (Wildman–Crippen LogP) is 4.43. The van der Waals surface area contributed by atoms with Gasteiger partial charge in [-0.15, -0.1) is 0 Å². The Balaban J connectivity index is 2.81. The quantitative estimate of drug-likeness (QED) is 0.835. The number of benzene rings is 1. The van der Waals surface area contributed by atoms with Crippen molar-refractivity contribution >= 4 is 23.2 Å². The topological polar surface area (TPSA) is 26.0 Å². The van der Waals surface area contributed by atoms with E-state index in [2.05, 4.69) is 13.8 Å². The first-order valence-corrected chi connectivity index (χ1v) is 6.02. The van der Waals surface area contributed by atoms with Crippen LogP contribution in [0.4, 0.5) is 0 Å². The molecule has 2 unspecified atom stereocenters. The van der Waals surface area contributed by atoms with Crippen molar-refractivity contribution in [1.29, 1.82) is 0 Å². The molecule has 0 radical (unpaired) electrons. The molecule has 0 heterocycles. The van der Waals surface area contributed by atoms with Crippen molar-refractivity contribution < 1.29 is 0 Å². The molecule has 0 aliphatic carbocycles. The molecule has 0 amide bonds. The highest BCUT2D eigenvalue weighted by Crippen LogP contribution is 2.28. The Morgan fingerprint density at radius 2 is 1.93 bits per heavy atom. The van der Waals surface area contributed by atoms with Crippen molar-refractivity contribution in [3.63, 3.8) is 0 Å². The lowest BCUT2D eigenvalue weighted by Gasteiger charge is -2.20. The van der Waals surface area contributed by atoms with Crippen LogP contribution in [0.2, 0.25) is 10.0 Å². The van der Waals surface area contributed by atoms with Crippen LogP contribution in [0, 0.1) is 5.92 Å². The van der Waals surface area contributed by atoms with Gasteiger partial charge in [-0.2, -0.15) is 0 Å². The Kier molecular flexibility index (Phi) is 4.91. The molecule has 0 bridgehead atoms. The van der Waals surface area contributed by atoms with E-state index in [1.807, 2.05) is 12.1 Å². The molecule has 0 aromatic heterocycles. The lowest BCUT2D eigenvalue weighted by molar-refractivity contribution is 0.434. The third kappa shape index (κ3) is 3.37. The number of nitrogens with two attached hydrogens (primary N) is 1. The maximum absolute atomic E-state index is 6.14. The fraction of sp³-hybridized carbons (Fsp3) is 0.500. The van der Waals surface area contributed by atoms with Gasteiger partial charge in [0.05, 0.1) is 10.0 Å². The summed E-state index contributed by atoms with van der Waals surface area (Å²) in [5, 5.41) is 1.16. The highest BCUT2D eigenvalue weighted by molar-refractivity contribution is 6.42. The maximum atomic E-state index is 6.14. The van der Waals surface area contributed by atoms with Crippen LogP contribution in [-0.4, -0.2) is 0 Å². The lowest BCUT2D eigenvalue weighted by Crippen LogP contribution is -2.18. The summed E-state index contributed by atoms with van der Waals surface area (Å²) in [5.74, 6) is 0.465. The predicted molar refractivity (Wildman–Crippen MR) is 67.5 cm³/mol. The normalized spacial score (nSPS) is 15.0. The Hall–Kier alpha value is -0.240. The van der Waals surface area contributed by atoms with Gasteiger partial charge in [-0.3, -0.25) is 0 Å². The molecular formula is C12H17Cl2N. The molecule has 15 heavy (non-hydrogen) atoms. The minimum absolute atomic E-state index is 0.0414. The van der Waals surface area contributed by atoms with Crippen LogP contribution < -0.4 is 5.73 Å². The standard InChI is InChI=1S/C12H17Cl2N/c1-3-4-8(2)12(15)9-5-6-10(13)11(14)7-9/h5-8,12H,3-4,15H2,1-2H3. The summed E-state index contributed by atoms with van der Waals surface area (Å²) in [6.07, 6.45) is 2.28. The monoisotopic (exact) mass is 245 g/mol. The van der Waals surface area contributed by atoms with Crippen LogP contribution in [0.15, 0.2) is 18.2 Å². The Morgan fingerprint density at radius 3 is 2.47 bits per heavy atom. The Labute approximate surface area is 102 Å². The Bertz CT molecular complexity index is 325.